The Kier molecular flexibility index (Phi) is 3.35. The van der Waals surface area contributed by atoms with Gasteiger partial charge in [0, 0.05) is 23.5 Å². The molecule has 0 bridgehead atoms. The van der Waals surface area contributed by atoms with Crippen LogP contribution in [0.15, 0.2) is 18.5 Å². The highest BCUT2D eigenvalue weighted by atomic mass is 35.5. The van der Waals surface area contributed by atoms with Gasteiger partial charge in [-0.05, 0) is 24.5 Å². The minimum atomic E-state index is 0.163. The van der Waals surface area contributed by atoms with Crippen LogP contribution in [0.3, 0.4) is 0 Å². The van der Waals surface area contributed by atoms with Crippen molar-refractivity contribution in [3.8, 4) is 0 Å². The normalized spacial score (nSPS) is 12.8. The van der Waals surface area contributed by atoms with Crippen LogP contribution in [-0.2, 0) is 6.42 Å². The number of nitrogen functional groups attached to an aromatic ring is 1. The first-order chi connectivity index (χ1) is 5.74. The van der Waals surface area contributed by atoms with E-state index in [2.05, 4.69) is 11.9 Å². The number of pyridine rings is 1. The van der Waals surface area contributed by atoms with E-state index in [1.54, 1.807) is 18.5 Å². The summed E-state index contributed by atoms with van der Waals surface area (Å²) in [7, 11) is 0. The number of aromatic nitrogens is 1. The summed E-state index contributed by atoms with van der Waals surface area (Å²) >= 11 is 5.99. The molecule has 12 heavy (non-hydrogen) atoms. The summed E-state index contributed by atoms with van der Waals surface area (Å²) in [6, 6.07) is 1.80. The van der Waals surface area contributed by atoms with Crippen molar-refractivity contribution in [1.82, 2.24) is 4.98 Å². The molecule has 0 saturated heterocycles. The second-order valence-corrected chi connectivity index (χ2v) is 3.40. The van der Waals surface area contributed by atoms with E-state index in [0.29, 0.717) is 0 Å². The highest BCUT2D eigenvalue weighted by Crippen LogP contribution is 2.15. The van der Waals surface area contributed by atoms with Crippen molar-refractivity contribution in [2.24, 2.45) is 0 Å². The number of anilines is 1. The average molecular weight is 185 g/mol. The molecule has 1 aromatic heterocycles. The standard InChI is InChI=1S/C9H13ClN2/c1-2-8(10)5-7-6-12-4-3-9(7)11/h3-4,6,8H,2,5H2,1H3,(H2,11,12). The summed E-state index contributed by atoms with van der Waals surface area (Å²) in [5.74, 6) is 0. The fraction of sp³-hybridized carbons (Fsp3) is 0.444. The number of halogens is 1. The first-order valence-corrected chi connectivity index (χ1v) is 4.50. The lowest BCUT2D eigenvalue weighted by Crippen LogP contribution is -2.04. The molecule has 1 rings (SSSR count). The van der Waals surface area contributed by atoms with E-state index >= 15 is 0 Å². The number of hydrogen-bond donors (Lipinski definition) is 1. The fourth-order valence-electron chi connectivity index (χ4n) is 0.991. The Balaban J connectivity index is 2.69. The van der Waals surface area contributed by atoms with Crippen LogP contribution < -0.4 is 5.73 Å². The molecule has 66 valence electrons. The third-order valence-electron chi connectivity index (χ3n) is 1.83. The van der Waals surface area contributed by atoms with E-state index in [4.69, 9.17) is 17.3 Å². The van der Waals surface area contributed by atoms with E-state index < -0.39 is 0 Å². The van der Waals surface area contributed by atoms with Gasteiger partial charge < -0.3 is 5.73 Å². The van der Waals surface area contributed by atoms with Crippen molar-refractivity contribution >= 4 is 17.3 Å². The lowest BCUT2D eigenvalue weighted by Gasteiger charge is -2.07. The third kappa shape index (κ3) is 2.38. The van der Waals surface area contributed by atoms with Crippen LogP contribution in [0.25, 0.3) is 0 Å². The van der Waals surface area contributed by atoms with Crippen molar-refractivity contribution in [1.29, 1.82) is 0 Å². The Morgan fingerprint density at radius 3 is 3.00 bits per heavy atom. The summed E-state index contributed by atoms with van der Waals surface area (Å²) in [5.41, 5.74) is 7.55. The van der Waals surface area contributed by atoms with Gasteiger partial charge in [0.1, 0.15) is 0 Å². The quantitative estimate of drug-likeness (QED) is 0.732. The van der Waals surface area contributed by atoms with Gasteiger partial charge in [0.25, 0.3) is 0 Å². The number of alkyl halides is 1. The van der Waals surface area contributed by atoms with Crippen LogP contribution in [-0.4, -0.2) is 10.4 Å². The van der Waals surface area contributed by atoms with Crippen LogP contribution in [0.2, 0.25) is 0 Å². The van der Waals surface area contributed by atoms with Crippen LogP contribution in [0.4, 0.5) is 5.69 Å². The second-order valence-electron chi connectivity index (χ2n) is 2.78. The van der Waals surface area contributed by atoms with Gasteiger partial charge in [-0.25, -0.2) is 0 Å². The maximum Gasteiger partial charge on any atom is 0.0378 e. The van der Waals surface area contributed by atoms with Gasteiger partial charge in [-0.2, -0.15) is 0 Å². The van der Waals surface area contributed by atoms with Crippen molar-refractivity contribution in [2.75, 3.05) is 5.73 Å². The van der Waals surface area contributed by atoms with Crippen LogP contribution in [0, 0.1) is 0 Å². The topological polar surface area (TPSA) is 38.9 Å². The Morgan fingerprint density at radius 2 is 2.42 bits per heavy atom. The molecule has 0 fully saturated rings. The average Bonchev–Trinajstić information content (AvgIpc) is 2.09. The zero-order valence-corrected chi connectivity index (χ0v) is 7.88. The molecule has 1 atom stereocenters. The molecular formula is C9H13ClN2. The van der Waals surface area contributed by atoms with Crippen LogP contribution >= 0.6 is 11.6 Å². The highest BCUT2D eigenvalue weighted by Gasteiger charge is 2.05. The molecule has 2 nitrogen and oxygen atoms in total. The predicted molar refractivity (Wildman–Crippen MR) is 52.3 cm³/mol. The lowest BCUT2D eigenvalue weighted by atomic mass is 10.1. The van der Waals surface area contributed by atoms with Gasteiger partial charge in [-0.1, -0.05) is 6.92 Å². The maximum absolute atomic E-state index is 5.99. The molecule has 2 N–H and O–H groups in total. The molecule has 1 unspecified atom stereocenters. The van der Waals surface area contributed by atoms with E-state index in [-0.39, 0.29) is 5.38 Å². The van der Waals surface area contributed by atoms with Gasteiger partial charge in [-0.15, -0.1) is 11.6 Å². The molecule has 0 aliphatic carbocycles. The number of rotatable bonds is 3. The van der Waals surface area contributed by atoms with Gasteiger partial charge >= 0.3 is 0 Å². The zero-order valence-electron chi connectivity index (χ0n) is 7.13. The monoisotopic (exact) mass is 184 g/mol. The first kappa shape index (κ1) is 9.33. The summed E-state index contributed by atoms with van der Waals surface area (Å²) < 4.78 is 0. The molecule has 0 saturated carbocycles. The second kappa shape index (κ2) is 4.31. The van der Waals surface area contributed by atoms with Gasteiger partial charge in [-0.3, -0.25) is 4.98 Å². The van der Waals surface area contributed by atoms with E-state index in [0.717, 1.165) is 24.1 Å². The Labute approximate surface area is 77.8 Å². The molecule has 1 heterocycles. The van der Waals surface area contributed by atoms with Crippen molar-refractivity contribution in [3.05, 3.63) is 24.0 Å². The minimum absolute atomic E-state index is 0.163. The molecule has 3 heteroatoms. The lowest BCUT2D eigenvalue weighted by molar-refractivity contribution is 0.804. The van der Waals surface area contributed by atoms with Crippen molar-refractivity contribution in [2.45, 2.75) is 25.1 Å². The summed E-state index contributed by atoms with van der Waals surface area (Å²) in [5, 5.41) is 0.163. The number of nitrogens with two attached hydrogens (primary N) is 1. The van der Waals surface area contributed by atoms with Gasteiger partial charge in [0.05, 0.1) is 0 Å². The molecule has 0 aliphatic heterocycles. The zero-order chi connectivity index (χ0) is 8.97. The molecule has 1 aromatic rings. The Bertz CT molecular complexity index is 250. The van der Waals surface area contributed by atoms with Crippen molar-refractivity contribution in [3.63, 3.8) is 0 Å². The smallest absolute Gasteiger partial charge is 0.0378 e. The summed E-state index contributed by atoms with van der Waals surface area (Å²) in [6.45, 7) is 2.06. The highest BCUT2D eigenvalue weighted by molar-refractivity contribution is 6.20. The largest absolute Gasteiger partial charge is 0.398 e. The van der Waals surface area contributed by atoms with Gasteiger partial charge in [0.2, 0.25) is 0 Å². The summed E-state index contributed by atoms with van der Waals surface area (Å²) in [4.78, 5) is 3.99. The maximum atomic E-state index is 5.99. The Morgan fingerprint density at radius 1 is 1.67 bits per heavy atom. The third-order valence-corrected chi connectivity index (χ3v) is 2.29. The Hall–Kier alpha value is -0.760. The SMILES string of the molecule is CCC(Cl)Cc1cnccc1N. The fourth-order valence-corrected chi connectivity index (χ4v) is 1.16. The molecule has 0 spiro atoms. The molecule has 0 aliphatic rings. The van der Waals surface area contributed by atoms with Crippen LogP contribution in [0.1, 0.15) is 18.9 Å². The first-order valence-electron chi connectivity index (χ1n) is 4.06. The molecule has 0 radical (unpaired) electrons. The van der Waals surface area contributed by atoms with Gasteiger partial charge in [0.15, 0.2) is 0 Å². The van der Waals surface area contributed by atoms with Crippen LogP contribution in [0.5, 0.6) is 0 Å². The van der Waals surface area contributed by atoms with Crippen molar-refractivity contribution < 1.29 is 0 Å². The molecule has 0 amide bonds. The van der Waals surface area contributed by atoms with E-state index in [1.165, 1.54) is 0 Å². The molecule has 0 aromatic carbocycles. The van der Waals surface area contributed by atoms with E-state index in [1.807, 2.05) is 0 Å². The molecular weight excluding hydrogens is 172 g/mol. The predicted octanol–water partition coefficient (Wildman–Crippen LogP) is 2.22. The number of hydrogen-bond acceptors (Lipinski definition) is 2. The summed E-state index contributed by atoms with van der Waals surface area (Å²) in [6.07, 6.45) is 5.22. The number of nitrogens with zero attached hydrogens (tertiary/aromatic N) is 1. The van der Waals surface area contributed by atoms with E-state index in [9.17, 15) is 0 Å². The minimum Gasteiger partial charge on any atom is -0.398 e.